The van der Waals surface area contributed by atoms with Crippen molar-refractivity contribution >= 4 is 7.60 Å². The molecule has 3 aliphatic rings. The molecular weight excluding hydrogens is 423 g/mol. The molecule has 3 rings (SSSR count). The second-order valence-corrected chi connectivity index (χ2v) is 12.9. The van der Waals surface area contributed by atoms with Gasteiger partial charge in [-0.3, -0.25) is 4.57 Å². The SMILES string of the molecule is C=C1/C(=C/C=C2\CCC[C@]3(C)[C@@H]([C@H](C)CCCP(=O)(OC)OC)CC[C@@H]23)C[C@@H](O)C[C@@H]1O. The smallest absolute Gasteiger partial charge is 0.330 e. The maximum atomic E-state index is 12.4. The Kier molecular flexibility index (Phi) is 8.66. The van der Waals surface area contributed by atoms with Gasteiger partial charge in [0.1, 0.15) is 0 Å². The normalized spacial score (nSPS) is 37.1. The standard InChI is InChI=1S/C26H43O5P/c1-18(8-7-15-32(29,30-4)31-5)23-12-13-24-20(9-6-14-26(23,24)3)10-11-21-16-22(27)17-25(28)19(21)2/h10-11,18,22-25,27-28H,2,6-9,12-17H2,1,3-5H3/b20-10+,21-11+/t18-,22-,23-,24+,25+,26-/m1/s1. The zero-order valence-electron chi connectivity index (χ0n) is 20.4. The molecule has 6 atom stereocenters. The quantitative estimate of drug-likeness (QED) is 0.427. The Balaban J connectivity index is 1.68. The second kappa shape index (κ2) is 10.7. The monoisotopic (exact) mass is 466 g/mol. The molecule has 2 N–H and O–H groups in total. The van der Waals surface area contributed by atoms with Crippen LogP contribution in [0.5, 0.6) is 0 Å². The first-order valence-electron chi connectivity index (χ1n) is 12.3. The fourth-order valence-corrected chi connectivity index (χ4v) is 7.83. The Morgan fingerprint density at radius 3 is 2.66 bits per heavy atom. The Hall–Kier alpha value is -0.710. The van der Waals surface area contributed by atoms with E-state index >= 15 is 0 Å². The van der Waals surface area contributed by atoms with E-state index in [1.54, 1.807) is 0 Å². The van der Waals surface area contributed by atoms with Crippen molar-refractivity contribution in [3.8, 4) is 0 Å². The van der Waals surface area contributed by atoms with Gasteiger partial charge in [-0.15, -0.1) is 0 Å². The molecule has 0 heterocycles. The van der Waals surface area contributed by atoms with E-state index in [1.807, 2.05) is 0 Å². The summed E-state index contributed by atoms with van der Waals surface area (Å²) in [5.41, 5.74) is 3.57. The Labute approximate surface area is 194 Å². The van der Waals surface area contributed by atoms with Crippen LogP contribution in [-0.2, 0) is 13.6 Å². The van der Waals surface area contributed by atoms with Crippen molar-refractivity contribution in [1.29, 1.82) is 0 Å². The number of hydrogen-bond donors (Lipinski definition) is 2. The summed E-state index contributed by atoms with van der Waals surface area (Å²) in [5.74, 6) is 1.84. The zero-order chi connectivity index (χ0) is 23.5. The van der Waals surface area contributed by atoms with Crippen LogP contribution in [0.2, 0.25) is 0 Å². The van der Waals surface area contributed by atoms with Crippen LogP contribution >= 0.6 is 7.60 Å². The molecule has 0 bridgehead atoms. The molecule has 0 aromatic carbocycles. The van der Waals surface area contributed by atoms with Crippen molar-refractivity contribution in [2.45, 2.75) is 83.8 Å². The molecule has 0 spiro atoms. The van der Waals surface area contributed by atoms with E-state index < -0.39 is 19.8 Å². The van der Waals surface area contributed by atoms with E-state index in [4.69, 9.17) is 9.05 Å². The predicted octanol–water partition coefficient (Wildman–Crippen LogP) is 6.03. The Morgan fingerprint density at radius 1 is 1.25 bits per heavy atom. The number of allylic oxidation sites excluding steroid dienone is 3. The van der Waals surface area contributed by atoms with Gasteiger partial charge in [0.2, 0.25) is 0 Å². The maximum absolute atomic E-state index is 12.4. The highest BCUT2D eigenvalue weighted by Gasteiger charge is 2.50. The summed E-state index contributed by atoms with van der Waals surface area (Å²) in [5, 5.41) is 20.2. The van der Waals surface area contributed by atoms with Crippen LogP contribution in [0.4, 0.5) is 0 Å². The van der Waals surface area contributed by atoms with Crippen LogP contribution in [0.1, 0.15) is 71.6 Å². The first-order chi connectivity index (χ1) is 15.1. The lowest BCUT2D eigenvalue weighted by atomic mass is 9.61. The molecule has 6 heteroatoms. The second-order valence-electron chi connectivity index (χ2n) is 10.5. The van der Waals surface area contributed by atoms with Gasteiger partial charge in [0.05, 0.1) is 18.4 Å². The molecule has 3 fully saturated rings. The van der Waals surface area contributed by atoms with Gasteiger partial charge >= 0.3 is 7.60 Å². The summed E-state index contributed by atoms with van der Waals surface area (Å²) in [6.07, 6.45) is 12.7. The third-order valence-electron chi connectivity index (χ3n) is 8.64. The molecule has 0 aromatic heterocycles. The number of fused-ring (bicyclic) bond motifs is 1. The largest absolute Gasteiger partial charge is 0.393 e. The lowest BCUT2D eigenvalue weighted by Gasteiger charge is -2.44. The molecule has 0 saturated heterocycles. The van der Waals surface area contributed by atoms with Crippen molar-refractivity contribution in [3.63, 3.8) is 0 Å². The number of aliphatic hydroxyl groups excluding tert-OH is 2. The maximum Gasteiger partial charge on any atom is 0.330 e. The van der Waals surface area contributed by atoms with Crippen molar-refractivity contribution in [2.24, 2.45) is 23.2 Å². The molecule has 0 amide bonds. The topological polar surface area (TPSA) is 76.0 Å². The highest BCUT2D eigenvalue weighted by Crippen LogP contribution is 2.60. The lowest BCUT2D eigenvalue weighted by Crippen LogP contribution is -2.36. The summed E-state index contributed by atoms with van der Waals surface area (Å²) in [4.78, 5) is 0. The predicted molar refractivity (Wildman–Crippen MR) is 130 cm³/mol. The summed E-state index contributed by atoms with van der Waals surface area (Å²) in [7, 11) is 0.00800. The molecule has 182 valence electrons. The van der Waals surface area contributed by atoms with E-state index in [0.717, 1.165) is 30.4 Å². The van der Waals surface area contributed by atoms with E-state index in [2.05, 4.69) is 32.6 Å². The van der Waals surface area contributed by atoms with Crippen LogP contribution in [0.15, 0.2) is 35.5 Å². The first kappa shape index (κ1) is 25.9. The van der Waals surface area contributed by atoms with Crippen LogP contribution in [0, 0.1) is 23.2 Å². The molecule has 3 aliphatic carbocycles. The summed E-state index contributed by atoms with van der Waals surface area (Å²) in [6, 6.07) is 0. The van der Waals surface area contributed by atoms with Gasteiger partial charge < -0.3 is 19.3 Å². The molecule has 32 heavy (non-hydrogen) atoms. The minimum atomic E-state index is -2.92. The van der Waals surface area contributed by atoms with E-state index in [9.17, 15) is 14.8 Å². The third kappa shape index (κ3) is 5.50. The van der Waals surface area contributed by atoms with Gasteiger partial charge in [-0.05, 0) is 85.7 Å². The van der Waals surface area contributed by atoms with Crippen molar-refractivity contribution < 1.29 is 23.8 Å². The molecule has 0 aromatic rings. The van der Waals surface area contributed by atoms with Gasteiger partial charge in [-0.25, -0.2) is 0 Å². The fraction of sp³-hybridized carbons (Fsp3) is 0.769. The summed E-state index contributed by atoms with van der Waals surface area (Å²) < 4.78 is 22.5. The highest BCUT2D eigenvalue weighted by atomic mass is 31.2. The van der Waals surface area contributed by atoms with Crippen LogP contribution in [0.3, 0.4) is 0 Å². The van der Waals surface area contributed by atoms with Gasteiger partial charge in [-0.1, -0.05) is 38.2 Å². The molecule has 5 nitrogen and oxygen atoms in total. The molecular formula is C26H43O5P. The highest BCUT2D eigenvalue weighted by molar-refractivity contribution is 7.53. The van der Waals surface area contributed by atoms with E-state index in [-0.39, 0.29) is 0 Å². The minimum absolute atomic E-state index is 0.302. The third-order valence-corrected chi connectivity index (χ3v) is 10.6. The first-order valence-corrected chi connectivity index (χ1v) is 14.0. The van der Waals surface area contributed by atoms with Crippen LogP contribution in [-0.4, -0.2) is 42.8 Å². The fourth-order valence-electron chi connectivity index (χ4n) is 6.74. The Morgan fingerprint density at radius 2 is 1.97 bits per heavy atom. The Bertz CT molecular complexity index is 779. The number of aliphatic hydroxyl groups is 2. The lowest BCUT2D eigenvalue weighted by molar-refractivity contribution is 0.0861. The molecule has 0 aliphatic heterocycles. The van der Waals surface area contributed by atoms with Gasteiger partial charge in [0.15, 0.2) is 0 Å². The van der Waals surface area contributed by atoms with E-state index in [1.165, 1.54) is 45.5 Å². The van der Waals surface area contributed by atoms with Crippen molar-refractivity contribution in [2.75, 3.05) is 20.4 Å². The summed E-state index contributed by atoms with van der Waals surface area (Å²) >= 11 is 0. The average Bonchev–Trinajstić information content (AvgIpc) is 3.12. The van der Waals surface area contributed by atoms with Crippen molar-refractivity contribution in [3.05, 3.63) is 35.5 Å². The number of hydrogen-bond acceptors (Lipinski definition) is 5. The van der Waals surface area contributed by atoms with Gasteiger partial charge in [0.25, 0.3) is 0 Å². The molecule has 0 unspecified atom stereocenters. The van der Waals surface area contributed by atoms with Gasteiger partial charge in [-0.2, -0.15) is 0 Å². The number of rotatable bonds is 8. The van der Waals surface area contributed by atoms with Crippen molar-refractivity contribution in [1.82, 2.24) is 0 Å². The van der Waals surface area contributed by atoms with Crippen LogP contribution < -0.4 is 0 Å². The van der Waals surface area contributed by atoms with Crippen LogP contribution in [0.25, 0.3) is 0 Å². The summed E-state index contributed by atoms with van der Waals surface area (Å²) in [6.45, 7) is 8.89. The van der Waals surface area contributed by atoms with E-state index in [0.29, 0.717) is 42.2 Å². The molecule has 0 radical (unpaired) electrons. The molecule has 3 saturated carbocycles. The average molecular weight is 467 g/mol. The minimum Gasteiger partial charge on any atom is -0.393 e. The zero-order valence-corrected chi connectivity index (χ0v) is 21.3. The van der Waals surface area contributed by atoms with Gasteiger partial charge in [0, 0.05) is 20.6 Å².